The Bertz CT molecular complexity index is 660. The molecule has 2 atom stereocenters. The number of amides is 2. The molecule has 2 rings (SSSR count). The van der Waals surface area contributed by atoms with Crippen molar-refractivity contribution in [3.05, 3.63) is 10.6 Å². The van der Waals surface area contributed by atoms with Crippen LogP contribution in [0, 0.1) is 12.8 Å². The van der Waals surface area contributed by atoms with E-state index < -0.39 is 11.9 Å². The van der Waals surface area contributed by atoms with E-state index in [0.29, 0.717) is 28.9 Å². The predicted molar refractivity (Wildman–Crippen MR) is 92.6 cm³/mol. The highest BCUT2D eigenvalue weighted by atomic mass is 32.1. The topological polar surface area (TPSA) is 97.8 Å². The summed E-state index contributed by atoms with van der Waals surface area (Å²) in [5.41, 5.74) is 0.511. The second-order valence-corrected chi connectivity index (χ2v) is 6.89. The number of carbonyl (C=O) groups is 3. The number of thiazole rings is 1. The molecule has 0 aliphatic carbocycles. The lowest BCUT2D eigenvalue weighted by atomic mass is 10.1. The Morgan fingerprint density at radius 2 is 2.20 bits per heavy atom. The maximum Gasteiger partial charge on any atom is 0.350 e. The molecule has 2 heterocycles. The van der Waals surface area contributed by atoms with Crippen LogP contribution in [0.2, 0.25) is 0 Å². The zero-order chi connectivity index (χ0) is 18.6. The van der Waals surface area contributed by atoms with Gasteiger partial charge in [-0.1, -0.05) is 11.3 Å². The van der Waals surface area contributed by atoms with E-state index in [-0.39, 0.29) is 30.9 Å². The lowest BCUT2D eigenvalue weighted by Gasteiger charge is -2.23. The van der Waals surface area contributed by atoms with Gasteiger partial charge in [-0.15, -0.1) is 0 Å². The fourth-order valence-electron chi connectivity index (χ4n) is 2.71. The first-order valence-corrected chi connectivity index (χ1v) is 8.92. The van der Waals surface area contributed by atoms with Gasteiger partial charge in [0.25, 0.3) is 0 Å². The lowest BCUT2D eigenvalue weighted by molar-refractivity contribution is -0.130. The number of nitrogens with zero attached hydrogens (tertiary/aromatic N) is 2. The van der Waals surface area contributed by atoms with Crippen molar-refractivity contribution >= 4 is 34.3 Å². The van der Waals surface area contributed by atoms with Gasteiger partial charge in [0.15, 0.2) is 5.13 Å². The van der Waals surface area contributed by atoms with Gasteiger partial charge in [-0.05, 0) is 20.8 Å². The maximum atomic E-state index is 12.4. The molecular weight excluding hydrogens is 346 g/mol. The van der Waals surface area contributed by atoms with E-state index in [2.05, 4.69) is 10.3 Å². The number of esters is 1. The molecule has 0 aromatic carbocycles. The van der Waals surface area contributed by atoms with Crippen LogP contribution >= 0.6 is 11.3 Å². The normalized spacial score (nSPS) is 18.3. The van der Waals surface area contributed by atoms with E-state index in [1.165, 1.54) is 0 Å². The Kier molecular flexibility index (Phi) is 6.49. The van der Waals surface area contributed by atoms with Crippen LogP contribution in [0.25, 0.3) is 0 Å². The van der Waals surface area contributed by atoms with E-state index in [9.17, 15) is 14.4 Å². The smallest absolute Gasteiger partial charge is 0.350 e. The van der Waals surface area contributed by atoms with Crippen LogP contribution in [0.3, 0.4) is 0 Å². The van der Waals surface area contributed by atoms with Crippen LogP contribution in [0.1, 0.15) is 35.6 Å². The van der Waals surface area contributed by atoms with E-state index in [1.54, 1.807) is 25.9 Å². The SMILES string of the molecule is CCOC(=O)c1sc(NC(=O)[C@H]2CC(=O)N([C@H](C)COC)C2)nc1C. The van der Waals surface area contributed by atoms with Crippen molar-refractivity contribution in [3.63, 3.8) is 0 Å². The Labute approximate surface area is 150 Å². The minimum atomic E-state index is -0.450. The van der Waals surface area contributed by atoms with Crippen LogP contribution in [-0.2, 0) is 19.1 Å². The van der Waals surface area contributed by atoms with Gasteiger partial charge >= 0.3 is 5.97 Å². The molecule has 0 bridgehead atoms. The summed E-state index contributed by atoms with van der Waals surface area (Å²) in [5.74, 6) is -1.23. The summed E-state index contributed by atoms with van der Waals surface area (Å²) in [4.78, 5) is 42.6. The highest BCUT2D eigenvalue weighted by Crippen LogP contribution is 2.26. The summed E-state index contributed by atoms with van der Waals surface area (Å²) in [7, 11) is 1.58. The monoisotopic (exact) mass is 369 g/mol. The minimum absolute atomic E-state index is 0.0627. The zero-order valence-electron chi connectivity index (χ0n) is 14.8. The number of ether oxygens (including phenoxy) is 2. The molecule has 1 aliphatic heterocycles. The van der Waals surface area contributed by atoms with Crippen LogP contribution in [0.4, 0.5) is 5.13 Å². The fraction of sp³-hybridized carbons (Fsp3) is 0.625. The van der Waals surface area contributed by atoms with Gasteiger partial charge in [-0.2, -0.15) is 0 Å². The molecule has 0 unspecified atom stereocenters. The molecule has 1 N–H and O–H groups in total. The Morgan fingerprint density at radius 3 is 2.84 bits per heavy atom. The highest BCUT2D eigenvalue weighted by molar-refractivity contribution is 7.17. The summed E-state index contributed by atoms with van der Waals surface area (Å²) in [6.07, 6.45) is 0.162. The molecule has 0 spiro atoms. The van der Waals surface area contributed by atoms with Gasteiger partial charge in [0, 0.05) is 20.1 Å². The molecule has 25 heavy (non-hydrogen) atoms. The molecule has 2 amide bonds. The van der Waals surface area contributed by atoms with Crippen LogP contribution in [0.5, 0.6) is 0 Å². The number of methoxy groups -OCH3 is 1. The first kappa shape index (κ1) is 19.3. The summed E-state index contributed by atoms with van der Waals surface area (Å²) >= 11 is 1.07. The maximum absolute atomic E-state index is 12.4. The van der Waals surface area contributed by atoms with Gasteiger partial charge in [0.05, 0.1) is 30.9 Å². The van der Waals surface area contributed by atoms with Crippen molar-refractivity contribution in [1.29, 1.82) is 0 Å². The Morgan fingerprint density at radius 1 is 1.48 bits per heavy atom. The van der Waals surface area contributed by atoms with E-state index >= 15 is 0 Å². The molecule has 0 saturated carbocycles. The van der Waals surface area contributed by atoms with Crippen molar-refractivity contribution < 1.29 is 23.9 Å². The summed E-state index contributed by atoms with van der Waals surface area (Å²) in [5, 5.41) is 3.04. The molecule has 8 nitrogen and oxygen atoms in total. The van der Waals surface area contributed by atoms with Gasteiger partial charge in [0.2, 0.25) is 11.8 Å². The molecule has 1 aromatic heterocycles. The van der Waals surface area contributed by atoms with Crippen molar-refractivity contribution in [1.82, 2.24) is 9.88 Å². The largest absolute Gasteiger partial charge is 0.462 e. The quantitative estimate of drug-likeness (QED) is 0.731. The highest BCUT2D eigenvalue weighted by Gasteiger charge is 2.37. The van der Waals surface area contributed by atoms with Crippen LogP contribution < -0.4 is 5.32 Å². The molecule has 1 fully saturated rings. The number of hydrogen-bond donors (Lipinski definition) is 1. The third kappa shape index (κ3) is 4.55. The molecule has 1 aromatic rings. The first-order valence-electron chi connectivity index (χ1n) is 8.11. The van der Waals surface area contributed by atoms with Gasteiger partial charge < -0.3 is 19.7 Å². The second-order valence-electron chi connectivity index (χ2n) is 5.89. The average Bonchev–Trinajstić information content (AvgIpc) is 3.11. The third-order valence-electron chi connectivity index (χ3n) is 3.96. The number of rotatable bonds is 7. The Hall–Kier alpha value is -2.00. The average molecular weight is 369 g/mol. The number of carbonyl (C=O) groups excluding carboxylic acids is 3. The zero-order valence-corrected chi connectivity index (χ0v) is 15.6. The van der Waals surface area contributed by atoms with Crippen molar-refractivity contribution in [3.8, 4) is 0 Å². The van der Waals surface area contributed by atoms with E-state index in [1.807, 2.05) is 6.92 Å². The molecule has 1 saturated heterocycles. The molecular formula is C16H23N3O5S. The number of hydrogen-bond acceptors (Lipinski definition) is 7. The molecule has 138 valence electrons. The van der Waals surface area contributed by atoms with Crippen molar-refractivity contribution in [2.45, 2.75) is 33.2 Å². The fourth-order valence-corrected chi connectivity index (χ4v) is 3.57. The third-order valence-corrected chi connectivity index (χ3v) is 5.01. The number of aryl methyl sites for hydroxylation is 1. The van der Waals surface area contributed by atoms with Crippen LogP contribution in [0.15, 0.2) is 0 Å². The summed E-state index contributed by atoms with van der Waals surface area (Å²) < 4.78 is 10.0. The molecule has 9 heteroatoms. The lowest BCUT2D eigenvalue weighted by Crippen LogP contribution is -2.38. The van der Waals surface area contributed by atoms with Gasteiger partial charge in [-0.3, -0.25) is 9.59 Å². The van der Waals surface area contributed by atoms with E-state index in [4.69, 9.17) is 9.47 Å². The predicted octanol–water partition coefficient (Wildman–Crippen LogP) is 1.45. The number of nitrogens with one attached hydrogen (secondary N) is 1. The van der Waals surface area contributed by atoms with Crippen molar-refractivity contribution in [2.24, 2.45) is 5.92 Å². The second kappa shape index (κ2) is 8.39. The first-order chi connectivity index (χ1) is 11.9. The summed E-state index contributed by atoms with van der Waals surface area (Å²) in [6.45, 7) is 6.35. The summed E-state index contributed by atoms with van der Waals surface area (Å²) in [6, 6.07) is -0.0761. The Balaban J connectivity index is 2.00. The number of aromatic nitrogens is 1. The van der Waals surface area contributed by atoms with Gasteiger partial charge in [0.1, 0.15) is 4.88 Å². The van der Waals surface area contributed by atoms with Crippen LogP contribution in [-0.4, -0.2) is 60.6 Å². The van der Waals surface area contributed by atoms with E-state index in [0.717, 1.165) is 11.3 Å². The molecule has 0 radical (unpaired) electrons. The van der Waals surface area contributed by atoms with Crippen molar-refractivity contribution in [2.75, 3.05) is 32.2 Å². The molecule has 1 aliphatic rings. The minimum Gasteiger partial charge on any atom is -0.462 e. The number of anilines is 1. The van der Waals surface area contributed by atoms with Gasteiger partial charge in [-0.25, -0.2) is 9.78 Å². The standard InChI is InChI=1S/C16H23N3O5S/c1-5-24-15(22)13-10(3)17-16(25-13)18-14(21)11-6-12(20)19(7-11)9(2)8-23-4/h9,11H,5-8H2,1-4H3,(H,17,18,21)/t9-,11+/m1/s1. The number of likely N-dealkylation sites (tertiary alicyclic amines) is 1.